The van der Waals surface area contributed by atoms with Crippen LogP contribution < -0.4 is 10.5 Å². The Balaban J connectivity index is 2.55. The van der Waals surface area contributed by atoms with Crippen LogP contribution in [0.1, 0.15) is 50.7 Å². The number of hydrogen-bond acceptors (Lipinski definition) is 2. The molecular formula is C14H21NO. The minimum absolute atomic E-state index is 0.196. The van der Waals surface area contributed by atoms with Crippen molar-refractivity contribution >= 4 is 0 Å². The molecule has 0 saturated heterocycles. The summed E-state index contributed by atoms with van der Waals surface area (Å²) in [7, 11) is 0. The van der Waals surface area contributed by atoms with Gasteiger partial charge < -0.3 is 10.5 Å². The van der Waals surface area contributed by atoms with E-state index in [1.807, 2.05) is 0 Å². The molecule has 1 atom stereocenters. The molecule has 0 radical (unpaired) electrons. The standard InChI is InChI=1S/C14H21NO/c1-4-14(15)8-9-16-13-11(10(2)3)6-5-7-12(13)14/h5-7,10H,4,8-9,15H2,1-3H3. The lowest BCUT2D eigenvalue weighted by atomic mass is 9.81. The number of nitrogens with two attached hydrogens (primary N) is 1. The summed E-state index contributed by atoms with van der Waals surface area (Å²) in [4.78, 5) is 0. The predicted molar refractivity (Wildman–Crippen MR) is 66.8 cm³/mol. The third kappa shape index (κ3) is 1.71. The minimum atomic E-state index is -0.196. The fraction of sp³-hybridized carbons (Fsp3) is 0.571. The van der Waals surface area contributed by atoms with Crippen molar-refractivity contribution in [3.05, 3.63) is 29.3 Å². The molecule has 1 aromatic carbocycles. The van der Waals surface area contributed by atoms with E-state index in [9.17, 15) is 0 Å². The van der Waals surface area contributed by atoms with Gasteiger partial charge in [0.15, 0.2) is 0 Å². The number of para-hydroxylation sites is 1. The molecular weight excluding hydrogens is 198 g/mol. The summed E-state index contributed by atoms with van der Waals surface area (Å²) >= 11 is 0. The fourth-order valence-electron chi connectivity index (χ4n) is 2.40. The number of ether oxygens (including phenoxy) is 1. The van der Waals surface area contributed by atoms with E-state index >= 15 is 0 Å². The van der Waals surface area contributed by atoms with Crippen molar-refractivity contribution in [1.29, 1.82) is 0 Å². The Hall–Kier alpha value is -1.02. The van der Waals surface area contributed by atoms with Gasteiger partial charge in [0.25, 0.3) is 0 Å². The van der Waals surface area contributed by atoms with Crippen molar-refractivity contribution in [3.63, 3.8) is 0 Å². The van der Waals surface area contributed by atoms with Gasteiger partial charge >= 0.3 is 0 Å². The zero-order valence-electron chi connectivity index (χ0n) is 10.4. The van der Waals surface area contributed by atoms with Crippen LogP contribution in [0, 0.1) is 0 Å². The Labute approximate surface area is 97.8 Å². The first-order valence-corrected chi connectivity index (χ1v) is 6.13. The van der Waals surface area contributed by atoms with Crippen molar-refractivity contribution in [1.82, 2.24) is 0 Å². The highest BCUT2D eigenvalue weighted by Gasteiger charge is 2.33. The van der Waals surface area contributed by atoms with Gasteiger partial charge in [0.05, 0.1) is 6.61 Å². The summed E-state index contributed by atoms with van der Waals surface area (Å²) in [5, 5.41) is 0. The first-order chi connectivity index (χ1) is 7.58. The van der Waals surface area contributed by atoms with Crippen LogP contribution in [-0.4, -0.2) is 6.61 Å². The largest absolute Gasteiger partial charge is 0.493 e. The molecule has 1 heterocycles. The van der Waals surface area contributed by atoms with E-state index < -0.39 is 0 Å². The molecule has 0 fully saturated rings. The molecule has 0 aliphatic carbocycles. The summed E-state index contributed by atoms with van der Waals surface area (Å²) in [5.41, 5.74) is 8.73. The summed E-state index contributed by atoms with van der Waals surface area (Å²) in [6.45, 7) is 7.27. The molecule has 0 spiro atoms. The van der Waals surface area contributed by atoms with Gasteiger partial charge in [-0.1, -0.05) is 39.0 Å². The Kier molecular flexibility index (Phi) is 2.94. The first kappa shape index (κ1) is 11.5. The van der Waals surface area contributed by atoms with E-state index in [0.717, 1.165) is 25.2 Å². The number of rotatable bonds is 2. The molecule has 1 aromatic rings. The predicted octanol–water partition coefficient (Wildman–Crippen LogP) is 3.16. The van der Waals surface area contributed by atoms with Gasteiger partial charge in [0.2, 0.25) is 0 Å². The third-order valence-electron chi connectivity index (χ3n) is 3.63. The van der Waals surface area contributed by atoms with E-state index in [1.54, 1.807) is 0 Å². The summed E-state index contributed by atoms with van der Waals surface area (Å²) in [6, 6.07) is 6.36. The maximum atomic E-state index is 6.46. The van der Waals surface area contributed by atoms with E-state index in [4.69, 9.17) is 10.5 Å². The van der Waals surface area contributed by atoms with Gasteiger partial charge in [0.1, 0.15) is 5.75 Å². The Morgan fingerprint density at radius 2 is 2.19 bits per heavy atom. The molecule has 2 N–H and O–H groups in total. The molecule has 2 heteroatoms. The Bertz CT molecular complexity index is 386. The maximum absolute atomic E-state index is 6.46. The van der Waals surface area contributed by atoms with Crippen LogP contribution in [0.25, 0.3) is 0 Å². The van der Waals surface area contributed by atoms with Crippen LogP contribution in [0.15, 0.2) is 18.2 Å². The zero-order valence-corrected chi connectivity index (χ0v) is 10.4. The van der Waals surface area contributed by atoms with E-state index in [-0.39, 0.29) is 5.54 Å². The topological polar surface area (TPSA) is 35.2 Å². The van der Waals surface area contributed by atoms with Crippen LogP contribution in [0.5, 0.6) is 5.75 Å². The van der Waals surface area contributed by atoms with Crippen LogP contribution >= 0.6 is 0 Å². The molecule has 16 heavy (non-hydrogen) atoms. The second kappa shape index (κ2) is 4.10. The average Bonchev–Trinajstić information content (AvgIpc) is 2.29. The van der Waals surface area contributed by atoms with Gasteiger partial charge in [-0.15, -0.1) is 0 Å². The molecule has 2 rings (SSSR count). The Morgan fingerprint density at radius 1 is 1.44 bits per heavy atom. The highest BCUT2D eigenvalue weighted by atomic mass is 16.5. The van der Waals surface area contributed by atoms with Gasteiger partial charge in [-0.05, 0) is 17.9 Å². The quantitative estimate of drug-likeness (QED) is 0.829. The molecule has 2 nitrogen and oxygen atoms in total. The van der Waals surface area contributed by atoms with Crippen LogP contribution in [0.4, 0.5) is 0 Å². The number of fused-ring (bicyclic) bond motifs is 1. The second-order valence-electron chi connectivity index (χ2n) is 4.99. The fourth-order valence-corrected chi connectivity index (χ4v) is 2.40. The van der Waals surface area contributed by atoms with E-state index in [0.29, 0.717) is 5.92 Å². The average molecular weight is 219 g/mol. The first-order valence-electron chi connectivity index (χ1n) is 6.13. The molecule has 1 aliphatic heterocycles. The zero-order chi connectivity index (χ0) is 11.8. The third-order valence-corrected chi connectivity index (χ3v) is 3.63. The summed E-state index contributed by atoms with van der Waals surface area (Å²) in [5.74, 6) is 1.52. The normalized spacial score (nSPS) is 24.1. The van der Waals surface area contributed by atoms with Crippen LogP contribution in [0.3, 0.4) is 0 Å². The van der Waals surface area contributed by atoms with Crippen molar-refractivity contribution in [2.24, 2.45) is 5.73 Å². The summed E-state index contributed by atoms with van der Waals surface area (Å²) < 4.78 is 5.83. The highest BCUT2D eigenvalue weighted by Crippen LogP contribution is 2.41. The van der Waals surface area contributed by atoms with E-state index in [2.05, 4.69) is 39.0 Å². The summed E-state index contributed by atoms with van der Waals surface area (Å²) in [6.07, 6.45) is 1.88. The lowest BCUT2D eigenvalue weighted by Gasteiger charge is -2.36. The SMILES string of the molecule is CCC1(N)CCOc2c(C(C)C)cccc21. The lowest BCUT2D eigenvalue weighted by Crippen LogP contribution is -2.41. The molecule has 0 amide bonds. The highest BCUT2D eigenvalue weighted by molar-refractivity contribution is 5.48. The number of benzene rings is 1. The smallest absolute Gasteiger partial charge is 0.127 e. The number of hydrogen-bond donors (Lipinski definition) is 1. The van der Waals surface area contributed by atoms with Gasteiger partial charge in [-0.3, -0.25) is 0 Å². The van der Waals surface area contributed by atoms with Crippen LogP contribution in [-0.2, 0) is 5.54 Å². The second-order valence-corrected chi connectivity index (χ2v) is 4.99. The lowest BCUT2D eigenvalue weighted by molar-refractivity contribution is 0.210. The van der Waals surface area contributed by atoms with Crippen molar-refractivity contribution in [3.8, 4) is 5.75 Å². The maximum Gasteiger partial charge on any atom is 0.127 e. The van der Waals surface area contributed by atoms with Crippen molar-refractivity contribution in [2.75, 3.05) is 6.61 Å². The van der Waals surface area contributed by atoms with Gasteiger partial charge in [-0.2, -0.15) is 0 Å². The molecule has 1 unspecified atom stereocenters. The molecule has 1 aliphatic rings. The molecule has 0 aromatic heterocycles. The van der Waals surface area contributed by atoms with Gasteiger partial charge in [-0.25, -0.2) is 0 Å². The van der Waals surface area contributed by atoms with E-state index in [1.165, 1.54) is 11.1 Å². The molecule has 0 bridgehead atoms. The van der Waals surface area contributed by atoms with Crippen molar-refractivity contribution < 1.29 is 4.74 Å². The van der Waals surface area contributed by atoms with Crippen molar-refractivity contribution in [2.45, 2.75) is 45.1 Å². The minimum Gasteiger partial charge on any atom is -0.493 e. The molecule has 0 saturated carbocycles. The Morgan fingerprint density at radius 3 is 2.81 bits per heavy atom. The molecule has 88 valence electrons. The van der Waals surface area contributed by atoms with Crippen LogP contribution in [0.2, 0.25) is 0 Å². The monoisotopic (exact) mass is 219 g/mol. The van der Waals surface area contributed by atoms with Gasteiger partial charge in [0, 0.05) is 17.5 Å².